The summed E-state index contributed by atoms with van der Waals surface area (Å²) in [5.74, 6) is -2.32. The number of guanidine groups is 1. The van der Waals surface area contributed by atoms with Gasteiger partial charge in [-0.1, -0.05) is 13.8 Å². The minimum Gasteiger partial charge on any atom is -0.370 e. The first-order valence-electron chi connectivity index (χ1n) is 9.49. The summed E-state index contributed by atoms with van der Waals surface area (Å²) in [5, 5.41) is 9.71. The van der Waals surface area contributed by atoms with E-state index in [9.17, 15) is 19.2 Å². The normalized spacial score (nSPS) is 13.5. The SMILES string of the molecule is CC(=O)C(N)(N)CC(=O)N(C(=O)[C@@H](N)CC(C)C)[C@H]([C]=O)CCCCNC(=N)N. The lowest BCUT2D eigenvalue weighted by atomic mass is 9.98. The largest absolute Gasteiger partial charge is 0.370 e. The third kappa shape index (κ3) is 9.59. The number of hydrogen-bond donors (Lipinski definition) is 6. The van der Waals surface area contributed by atoms with Crippen LogP contribution in [-0.4, -0.2) is 59.0 Å². The maximum atomic E-state index is 12.8. The number of carbonyl (C=O) groups is 3. The molecule has 0 heterocycles. The smallest absolute Gasteiger partial charge is 0.246 e. The molecule has 2 amide bonds. The van der Waals surface area contributed by atoms with Gasteiger partial charge in [-0.2, -0.15) is 0 Å². The Morgan fingerprint density at radius 3 is 2.24 bits per heavy atom. The van der Waals surface area contributed by atoms with Crippen molar-refractivity contribution < 1.29 is 19.2 Å². The summed E-state index contributed by atoms with van der Waals surface area (Å²) in [4.78, 5) is 49.5. The number of rotatable bonds is 13. The van der Waals surface area contributed by atoms with Gasteiger partial charge in [0.25, 0.3) is 0 Å². The van der Waals surface area contributed by atoms with Crippen LogP contribution < -0.4 is 28.3 Å². The summed E-state index contributed by atoms with van der Waals surface area (Å²) < 4.78 is 0. The number of nitrogens with one attached hydrogen (secondary N) is 2. The average molecular weight is 413 g/mol. The number of imide groups is 1. The number of ketones is 1. The Morgan fingerprint density at radius 1 is 1.21 bits per heavy atom. The highest BCUT2D eigenvalue weighted by Gasteiger charge is 2.38. The lowest BCUT2D eigenvalue weighted by Gasteiger charge is -2.31. The molecule has 0 aromatic carbocycles. The summed E-state index contributed by atoms with van der Waals surface area (Å²) >= 11 is 0. The number of Topliss-reactive ketones (excluding diaryl/α,β-unsaturated/α-hetero) is 1. The summed E-state index contributed by atoms with van der Waals surface area (Å²) in [5.41, 5.74) is 20.5. The molecule has 0 aliphatic heterocycles. The summed E-state index contributed by atoms with van der Waals surface area (Å²) in [6, 6.07) is -2.19. The molecule has 0 saturated carbocycles. The molecule has 1 radical (unpaired) electrons. The van der Waals surface area contributed by atoms with Gasteiger partial charge in [-0.05, 0) is 38.5 Å². The third-order valence-corrected chi connectivity index (χ3v) is 4.32. The second kappa shape index (κ2) is 12.2. The quantitative estimate of drug-likeness (QED) is 0.0891. The number of hydrogen-bond acceptors (Lipinski definition) is 8. The standard InChI is InChI=1S/C18H34N7O4/c1-11(2)8-14(19)16(29)25(15(28)9-18(22,23)12(3)27)13(10-26)6-4-5-7-24-17(20)21/h11,13-14H,4-9,19,22-23H2,1-3H3,(H4,20,21,24)/t13-,14-/m0/s1. The van der Waals surface area contributed by atoms with Gasteiger partial charge < -0.3 is 28.3 Å². The molecule has 0 unspecified atom stereocenters. The molecule has 0 aliphatic rings. The highest BCUT2D eigenvalue weighted by molar-refractivity contribution is 6.02. The van der Waals surface area contributed by atoms with E-state index in [-0.39, 0.29) is 18.3 Å². The van der Waals surface area contributed by atoms with E-state index < -0.39 is 41.8 Å². The first-order chi connectivity index (χ1) is 13.3. The topological polar surface area (TPSA) is 211 Å². The zero-order valence-corrected chi connectivity index (χ0v) is 17.4. The van der Waals surface area contributed by atoms with Crippen LogP contribution in [0.1, 0.15) is 52.9 Å². The van der Waals surface area contributed by atoms with Gasteiger partial charge in [-0.3, -0.25) is 29.5 Å². The highest BCUT2D eigenvalue weighted by atomic mass is 16.2. The summed E-state index contributed by atoms with van der Waals surface area (Å²) in [7, 11) is 0. The molecule has 29 heavy (non-hydrogen) atoms. The van der Waals surface area contributed by atoms with E-state index in [1.165, 1.54) is 0 Å². The lowest BCUT2D eigenvalue weighted by molar-refractivity contribution is -0.149. The number of carbonyl (C=O) groups excluding carboxylic acids is 4. The van der Waals surface area contributed by atoms with Crippen LogP contribution in [0.3, 0.4) is 0 Å². The number of amides is 2. The van der Waals surface area contributed by atoms with Crippen molar-refractivity contribution in [2.75, 3.05) is 6.54 Å². The first-order valence-corrected chi connectivity index (χ1v) is 9.49. The van der Waals surface area contributed by atoms with Crippen molar-refractivity contribution >= 4 is 29.8 Å². The van der Waals surface area contributed by atoms with E-state index in [0.29, 0.717) is 25.8 Å². The Labute approximate surface area is 171 Å². The predicted octanol–water partition coefficient (Wildman–Crippen LogP) is -1.56. The fourth-order valence-corrected chi connectivity index (χ4v) is 2.62. The van der Waals surface area contributed by atoms with E-state index in [0.717, 1.165) is 11.8 Å². The van der Waals surface area contributed by atoms with Crippen LogP contribution in [0, 0.1) is 11.3 Å². The zero-order valence-electron chi connectivity index (χ0n) is 17.4. The average Bonchev–Trinajstić information content (AvgIpc) is 2.58. The Hall–Kier alpha value is -2.37. The fourth-order valence-electron chi connectivity index (χ4n) is 2.62. The number of nitrogens with two attached hydrogens (primary N) is 4. The van der Waals surface area contributed by atoms with Crippen LogP contribution in [0.2, 0.25) is 0 Å². The van der Waals surface area contributed by atoms with E-state index >= 15 is 0 Å². The maximum Gasteiger partial charge on any atom is 0.246 e. The van der Waals surface area contributed by atoms with Gasteiger partial charge >= 0.3 is 0 Å². The summed E-state index contributed by atoms with van der Waals surface area (Å²) in [6.07, 6.45) is 2.49. The molecule has 0 fully saturated rings. The van der Waals surface area contributed by atoms with E-state index in [1.807, 2.05) is 13.8 Å². The molecule has 0 bridgehead atoms. The molecule has 11 heteroatoms. The third-order valence-electron chi connectivity index (χ3n) is 4.32. The van der Waals surface area contributed by atoms with Crippen molar-refractivity contribution in [2.24, 2.45) is 28.9 Å². The monoisotopic (exact) mass is 412 g/mol. The van der Waals surface area contributed by atoms with Gasteiger partial charge in [-0.15, -0.1) is 0 Å². The molecule has 0 aromatic heterocycles. The van der Waals surface area contributed by atoms with Crippen LogP contribution in [0.4, 0.5) is 0 Å². The van der Waals surface area contributed by atoms with Crippen molar-refractivity contribution in [3.05, 3.63) is 0 Å². The molecule has 0 spiro atoms. The van der Waals surface area contributed by atoms with Gasteiger partial charge in [0.05, 0.1) is 12.5 Å². The molecule has 11 nitrogen and oxygen atoms in total. The van der Waals surface area contributed by atoms with E-state index in [2.05, 4.69) is 5.32 Å². The van der Waals surface area contributed by atoms with Crippen molar-refractivity contribution in [3.63, 3.8) is 0 Å². The molecule has 0 aliphatic carbocycles. The minimum atomic E-state index is -1.96. The molecule has 0 saturated heterocycles. The summed E-state index contributed by atoms with van der Waals surface area (Å²) in [6.45, 7) is 5.26. The first kappa shape index (κ1) is 26.6. The van der Waals surface area contributed by atoms with Crippen molar-refractivity contribution in [2.45, 2.75) is 70.6 Å². The second-order valence-electron chi connectivity index (χ2n) is 7.58. The molecular weight excluding hydrogens is 378 g/mol. The van der Waals surface area contributed by atoms with Gasteiger partial charge in [0, 0.05) is 6.54 Å². The van der Waals surface area contributed by atoms with Gasteiger partial charge in [0.2, 0.25) is 18.1 Å². The van der Waals surface area contributed by atoms with E-state index in [1.54, 1.807) is 6.29 Å². The van der Waals surface area contributed by atoms with Crippen LogP contribution >= 0.6 is 0 Å². The van der Waals surface area contributed by atoms with Crippen LogP contribution in [-0.2, 0) is 19.2 Å². The molecule has 0 aromatic rings. The van der Waals surface area contributed by atoms with E-state index in [4.69, 9.17) is 28.3 Å². The zero-order chi connectivity index (χ0) is 22.8. The Bertz CT molecular complexity index is 607. The molecule has 0 rings (SSSR count). The van der Waals surface area contributed by atoms with Crippen molar-refractivity contribution in [1.82, 2.24) is 10.2 Å². The van der Waals surface area contributed by atoms with Crippen LogP contribution in [0.5, 0.6) is 0 Å². The van der Waals surface area contributed by atoms with Crippen LogP contribution in [0.15, 0.2) is 0 Å². The van der Waals surface area contributed by atoms with Crippen molar-refractivity contribution in [1.29, 1.82) is 5.41 Å². The number of nitrogens with zero attached hydrogens (tertiary/aromatic N) is 1. The van der Waals surface area contributed by atoms with Crippen LogP contribution in [0.25, 0.3) is 0 Å². The van der Waals surface area contributed by atoms with Crippen molar-refractivity contribution in [3.8, 4) is 0 Å². The lowest BCUT2D eigenvalue weighted by Crippen LogP contribution is -2.60. The fraction of sp³-hybridized carbons (Fsp3) is 0.722. The van der Waals surface area contributed by atoms with Gasteiger partial charge in [0.1, 0.15) is 11.7 Å². The van der Waals surface area contributed by atoms with Gasteiger partial charge in [0.15, 0.2) is 11.7 Å². The molecule has 165 valence electrons. The number of unbranched alkanes of at least 4 members (excludes halogenated alkanes) is 1. The molecular formula is C18H34N7O4. The Kier molecular flexibility index (Phi) is 11.2. The highest BCUT2D eigenvalue weighted by Crippen LogP contribution is 2.16. The second-order valence-corrected chi connectivity index (χ2v) is 7.58. The Balaban J connectivity index is 5.43. The van der Waals surface area contributed by atoms with Gasteiger partial charge in [-0.25, -0.2) is 0 Å². The molecule has 10 N–H and O–H groups in total. The predicted molar refractivity (Wildman–Crippen MR) is 109 cm³/mol. The maximum absolute atomic E-state index is 12.8. The molecule has 2 atom stereocenters. The Morgan fingerprint density at radius 2 is 1.79 bits per heavy atom. The minimum absolute atomic E-state index is 0.0857.